The van der Waals surface area contributed by atoms with Crippen molar-refractivity contribution in [1.82, 2.24) is 4.98 Å². The Hall–Kier alpha value is -2.05. The Morgan fingerprint density at radius 2 is 2.17 bits per heavy atom. The lowest BCUT2D eigenvalue weighted by Gasteiger charge is -2.11. The van der Waals surface area contributed by atoms with Crippen molar-refractivity contribution in [2.45, 2.75) is 12.6 Å². The second kappa shape index (κ2) is 5.52. The quantitative estimate of drug-likeness (QED) is 0.631. The molecule has 18 heavy (non-hydrogen) atoms. The molecule has 0 unspecified atom stereocenters. The van der Waals surface area contributed by atoms with Crippen LogP contribution >= 0.6 is 0 Å². The van der Waals surface area contributed by atoms with Gasteiger partial charge < -0.3 is 10.4 Å². The second-order valence-corrected chi connectivity index (χ2v) is 3.40. The zero-order chi connectivity index (χ0) is 13.8. The van der Waals surface area contributed by atoms with E-state index in [1.807, 2.05) is 0 Å². The molecule has 1 heterocycles. The maximum atomic E-state index is 12.4. The third-order valence-corrected chi connectivity index (χ3v) is 2.06. The number of pyridine rings is 1. The summed E-state index contributed by atoms with van der Waals surface area (Å²) in [7, 11) is 0. The molecular weight excluding hydrogens is 249 g/mol. The van der Waals surface area contributed by atoms with E-state index in [0.717, 1.165) is 6.07 Å². The second-order valence-electron chi connectivity index (χ2n) is 3.40. The smallest absolute Gasteiger partial charge is 0.433 e. The molecule has 1 rings (SSSR count). The minimum Gasteiger partial charge on any atom is -0.478 e. The molecule has 0 bridgehead atoms. The first-order valence-corrected chi connectivity index (χ1v) is 5.02. The maximum Gasteiger partial charge on any atom is 0.433 e. The molecule has 0 amide bonds. The molecule has 0 fully saturated rings. The molecule has 2 N–H and O–H groups in total. The lowest BCUT2D eigenvalue weighted by Crippen LogP contribution is -2.14. The minimum absolute atomic E-state index is 0.262. The highest BCUT2D eigenvalue weighted by molar-refractivity contribution is 5.93. The number of carboxylic acids is 1. The lowest BCUT2D eigenvalue weighted by atomic mass is 10.2. The van der Waals surface area contributed by atoms with Gasteiger partial charge in [-0.05, 0) is 18.6 Å². The molecule has 0 atom stereocenters. The number of carbonyl (C=O) groups is 1. The van der Waals surface area contributed by atoms with Gasteiger partial charge in [0.15, 0.2) is 0 Å². The summed E-state index contributed by atoms with van der Waals surface area (Å²) in [5.74, 6) is -1.63. The van der Waals surface area contributed by atoms with Crippen molar-refractivity contribution in [3.63, 3.8) is 0 Å². The molecule has 1 aromatic heterocycles. The minimum atomic E-state index is -4.61. The molecule has 7 heteroatoms. The van der Waals surface area contributed by atoms with E-state index in [9.17, 15) is 18.0 Å². The van der Waals surface area contributed by atoms with Crippen molar-refractivity contribution in [1.29, 1.82) is 0 Å². The zero-order valence-electron chi connectivity index (χ0n) is 9.29. The first kappa shape index (κ1) is 14.0. The van der Waals surface area contributed by atoms with Crippen LogP contribution in [0.15, 0.2) is 24.8 Å². The number of alkyl halides is 3. The summed E-state index contributed by atoms with van der Waals surface area (Å²) in [5, 5.41) is 11.4. The number of halogens is 3. The number of nitrogens with zero attached hydrogens (tertiary/aromatic N) is 1. The van der Waals surface area contributed by atoms with Gasteiger partial charge in [-0.15, -0.1) is 6.58 Å². The molecule has 0 aliphatic rings. The SMILES string of the molecule is C=CCCNc1nc(C(F)(F)F)ccc1C(=O)O. The third kappa shape index (κ3) is 3.47. The van der Waals surface area contributed by atoms with Crippen molar-refractivity contribution in [3.05, 3.63) is 36.0 Å². The predicted molar refractivity (Wildman–Crippen MR) is 59.5 cm³/mol. The van der Waals surface area contributed by atoms with E-state index < -0.39 is 17.8 Å². The standard InChI is InChI=1S/C11H11F3N2O2/c1-2-3-6-15-9-7(10(17)18)4-5-8(16-9)11(12,13)14/h2,4-5H,1,3,6H2,(H,15,16)(H,17,18). The summed E-state index contributed by atoms with van der Waals surface area (Å²) in [4.78, 5) is 14.1. The van der Waals surface area contributed by atoms with Gasteiger partial charge in [-0.2, -0.15) is 13.2 Å². The highest BCUT2D eigenvalue weighted by Gasteiger charge is 2.33. The lowest BCUT2D eigenvalue weighted by molar-refractivity contribution is -0.141. The van der Waals surface area contributed by atoms with Gasteiger partial charge in [0, 0.05) is 6.54 Å². The van der Waals surface area contributed by atoms with Crippen LogP contribution in [0.4, 0.5) is 19.0 Å². The summed E-state index contributed by atoms with van der Waals surface area (Å²) in [6.45, 7) is 3.71. The molecule has 0 aromatic carbocycles. The van der Waals surface area contributed by atoms with E-state index in [2.05, 4.69) is 16.9 Å². The Morgan fingerprint density at radius 3 is 2.67 bits per heavy atom. The number of aromatic nitrogens is 1. The Kier molecular flexibility index (Phi) is 4.30. The Bertz CT molecular complexity index is 458. The predicted octanol–water partition coefficient (Wildman–Crippen LogP) is 2.79. The van der Waals surface area contributed by atoms with Crippen LogP contribution in [0.5, 0.6) is 0 Å². The number of anilines is 1. The molecule has 98 valence electrons. The van der Waals surface area contributed by atoms with E-state index in [0.29, 0.717) is 12.5 Å². The summed E-state index contributed by atoms with van der Waals surface area (Å²) in [6, 6.07) is 1.52. The molecular formula is C11H11F3N2O2. The number of hydrogen-bond acceptors (Lipinski definition) is 3. The van der Waals surface area contributed by atoms with Gasteiger partial charge in [-0.25, -0.2) is 9.78 Å². The third-order valence-electron chi connectivity index (χ3n) is 2.06. The molecule has 1 aromatic rings. The zero-order valence-corrected chi connectivity index (χ0v) is 9.29. The van der Waals surface area contributed by atoms with Gasteiger partial charge >= 0.3 is 12.1 Å². The Morgan fingerprint density at radius 1 is 1.50 bits per heavy atom. The normalized spacial score (nSPS) is 11.1. The molecule has 0 radical (unpaired) electrons. The van der Waals surface area contributed by atoms with Crippen molar-refractivity contribution in [2.24, 2.45) is 0 Å². The van der Waals surface area contributed by atoms with Gasteiger partial charge in [0.1, 0.15) is 17.1 Å². The summed E-state index contributed by atoms with van der Waals surface area (Å²) >= 11 is 0. The highest BCUT2D eigenvalue weighted by Crippen LogP contribution is 2.29. The van der Waals surface area contributed by atoms with Crippen molar-refractivity contribution in [3.8, 4) is 0 Å². The first-order valence-electron chi connectivity index (χ1n) is 5.02. The number of rotatable bonds is 5. The topological polar surface area (TPSA) is 62.2 Å². The van der Waals surface area contributed by atoms with Crippen LogP contribution in [0.1, 0.15) is 22.5 Å². The van der Waals surface area contributed by atoms with Crippen LogP contribution < -0.4 is 5.32 Å². The van der Waals surface area contributed by atoms with Crippen molar-refractivity contribution < 1.29 is 23.1 Å². The van der Waals surface area contributed by atoms with E-state index in [4.69, 9.17) is 5.11 Å². The van der Waals surface area contributed by atoms with Crippen LogP contribution in [0.3, 0.4) is 0 Å². The van der Waals surface area contributed by atoms with Gasteiger partial charge in [-0.1, -0.05) is 6.08 Å². The monoisotopic (exact) mass is 260 g/mol. The fourth-order valence-corrected chi connectivity index (χ4v) is 1.22. The maximum absolute atomic E-state index is 12.4. The molecule has 0 spiro atoms. The van der Waals surface area contributed by atoms with E-state index in [1.165, 1.54) is 0 Å². The van der Waals surface area contributed by atoms with Gasteiger partial charge in [0.05, 0.1) is 0 Å². The molecule has 0 saturated carbocycles. The molecule has 0 aliphatic heterocycles. The number of aromatic carboxylic acids is 1. The van der Waals surface area contributed by atoms with Crippen LogP contribution in [0.2, 0.25) is 0 Å². The fraction of sp³-hybridized carbons (Fsp3) is 0.273. The first-order chi connectivity index (χ1) is 8.36. The van der Waals surface area contributed by atoms with Crippen molar-refractivity contribution in [2.75, 3.05) is 11.9 Å². The van der Waals surface area contributed by atoms with E-state index in [-0.39, 0.29) is 17.9 Å². The largest absolute Gasteiger partial charge is 0.478 e. The fourth-order valence-electron chi connectivity index (χ4n) is 1.22. The number of nitrogens with one attached hydrogen (secondary N) is 1. The van der Waals surface area contributed by atoms with Crippen LogP contribution in [0.25, 0.3) is 0 Å². The van der Waals surface area contributed by atoms with Crippen LogP contribution in [-0.2, 0) is 6.18 Å². The summed E-state index contributed by atoms with van der Waals surface area (Å²) in [6.07, 6.45) is -2.57. The Balaban J connectivity index is 3.07. The number of carboxylic acid groups (broad SMARTS) is 1. The molecule has 0 saturated heterocycles. The van der Waals surface area contributed by atoms with E-state index in [1.54, 1.807) is 6.08 Å². The molecule has 4 nitrogen and oxygen atoms in total. The van der Waals surface area contributed by atoms with Crippen LogP contribution in [-0.4, -0.2) is 22.6 Å². The van der Waals surface area contributed by atoms with Gasteiger partial charge in [0.25, 0.3) is 0 Å². The van der Waals surface area contributed by atoms with Gasteiger partial charge in [0.2, 0.25) is 0 Å². The van der Waals surface area contributed by atoms with Crippen molar-refractivity contribution >= 4 is 11.8 Å². The molecule has 0 aliphatic carbocycles. The average molecular weight is 260 g/mol. The number of hydrogen-bond donors (Lipinski definition) is 2. The average Bonchev–Trinajstić information content (AvgIpc) is 2.27. The van der Waals surface area contributed by atoms with E-state index >= 15 is 0 Å². The Labute approximate surface area is 101 Å². The summed E-state index contributed by atoms with van der Waals surface area (Å²) < 4.78 is 37.3. The summed E-state index contributed by atoms with van der Waals surface area (Å²) in [5.41, 5.74) is -1.43. The van der Waals surface area contributed by atoms with Crippen LogP contribution in [0, 0.1) is 0 Å². The van der Waals surface area contributed by atoms with Gasteiger partial charge in [-0.3, -0.25) is 0 Å². The highest BCUT2D eigenvalue weighted by atomic mass is 19.4.